The Labute approximate surface area is 149 Å². The van der Waals surface area contributed by atoms with Crippen molar-refractivity contribution in [3.05, 3.63) is 69.8 Å². The normalized spacial score (nSPS) is 11.5. The third-order valence-corrected chi connectivity index (χ3v) is 3.49. The number of para-hydroxylation sites is 2. The Morgan fingerprint density at radius 1 is 1.19 bits per heavy atom. The Hall–Kier alpha value is -3.26. The van der Waals surface area contributed by atoms with Crippen molar-refractivity contribution < 1.29 is 24.0 Å². The van der Waals surface area contributed by atoms with E-state index in [0.29, 0.717) is 6.61 Å². The van der Waals surface area contributed by atoms with Crippen LogP contribution < -0.4 is 5.32 Å². The topological polar surface area (TPSA) is 108 Å². The van der Waals surface area contributed by atoms with Gasteiger partial charge in [0.05, 0.1) is 17.1 Å². The highest BCUT2D eigenvalue weighted by atomic mass is 16.6. The molecule has 0 aliphatic carbocycles. The van der Waals surface area contributed by atoms with Crippen LogP contribution in [0.15, 0.2) is 48.5 Å². The number of nitro groups is 1. The molecule has 0 heterocycles. The van der Waals surface area contributed by atoms with Crippen LogP contribution in [0.1, 0.15) is 22.8 Å². The number of anilines is 1. The first-order chi connectivity index (χ1) is 12.4. The molecule has 0 aliphatic rings. The summed E-state index contributed by atoms with van der Waals surface area (Å²) in [5, 5.41) is 13.4. The zero-order valence-corrected chi connectivity index (χ0v) is 14.3. The van der Waals surface area contributed by atoms with Gasteiger partial charge in [-0.15, -0.1) is 0 Å². The number of benzene rings is 2. The van der Waals surface area contributed by atoms with Gasteiger partial charge in [-0.1, -0.05) is 24.3 Å². The van der Waals surface area contributed by atoms with Crippen LogP contribution in [0.5, 0.6) is 0 Å². The van der Waals surface area contributed by atoms with E-state index in [9.17, 15) is 19.7 Å². The summed E-state index contributed by atoms with van der Waals surface area (Å²) >= 11 is 0. The minimum Gasteiger partial charge on any atom is -0.449 e. The maximum atomic E-state index is 12.2. The Balaban J connectivity index is 2.04. The van der Waals surface area contributed by atoms with Crippen molar-refractivity contribution in [1.29, 1.82) is 0 Å². The quantitative estimate of drug-likeness (QED) is 0.463. The molecule has 2 aromatic rings. The van der Waals surface area contributed by atoms with Crippen molar-refractivity contribution in [3.63, 3.8) is 0 Å². The van der Waals surface area contributed by atoms with E-state index in [4.69, 9.17) is 9.47 Å². The lowest BCUT2D eigenvalue weighted by atomic mass is 10.1. The molecule has 0 radical (unpaired) electrons. The average molecular weight is 358 g/mol. The van der Waals surface area contributed by atoms with Gasteiger partial charge in [0, 0.05) is 13.2 Å². The molecule has 1 unspecified atom stereocenters. The number of rotatable bonds is 7. The van der Waals surface area contributed by atoms with E-state index in [-0.39, 0.29) is 16.9 Å². The van der Waals surface area contributed by atoms with E-state index >= 15 is 0 Å². The number of nitrogens with one attached hydrogen (secondary N) is 1. The standard InChI is InChI=1S/C18H18N2O6/c1-12(17(21)19-15-8-3-4-9-16(15)20(23)24)26-18(22)14-7-5-6-13(10-14)11-25-2/h3-10,12H,11H2,1-2H3,(H,19,21). The van der Waals surface area contributed by atoms with E-state index in [1.54, 1.807) is 37.4 Å². The van der Waals surface area contributed by atoms with Crippen molar-refractivity contribution in [2.45, 2.75) is 19.6 Å². The second-order valence-electron chi connectivity index (χ2n) is 5.44. The Kier molecular flexibility index (Phi) is 6.40. The van der Waals surface area contributed by atoms with Crippen molar-refractivity contribution in [3.8, 4) is 0 Å². The molecular formula is C18H18N2O6. The van der Waals surface area contributed by atoms with Gasteiger partial charge in [0.1, 0.15) is 5.69 Å². The molecule has 8 heteroatoms. The van der Waals surface area contributed by atoms with Crippen LogP contribution in [0.25, 0.3) is 0 Å². The van der Waals surface area contributed by atoms with Crippen LogP contribution >= 0.6 is 0 Å². The minimum atomic E-state index is -1.13. The summed E-state index contributed by atoms with van der Waals surface area (Å²) < 4.78 is 10.1. The van der Waals surface area contributed by atoms with Crippen molar-refractivity contribution in [1.82, 2.24) is 0 Å². The lowest BCUT2D eigenvalue weighted by Crippen LogP contribution is -2.30. The fourth-order valence-electron chi connectivity index (χ4n) is 2.21. The summed E-state index contributed by atoms with van der Waals surface area (Å²) in [4.78, 5) is 34.8. The lowest BCUT2D eigenvalue weighted by Gasteiger charge is -2.14. The third kappa shape index (κ3) is 4.87. The Morgan fingerprint density at radius 2 is 1.92 bits per heavy atom. The van der Waals surface area contributed by atoms with Crippen molar-refractivity contribution in [2.75, 3.05) is 12.4 Å². The number of esters is 1. The Bertz CT molecular complexity index is 821. The number of hydrogen-bond acceptors (Lipinski definition) is 6. The number of nitro benzene ring substituents is 1. The number of ether oxygens (including phenoxy) is 2. The van der Waals surface area contributed by atoms with Gasteiger partial charge in [-0.25, -0.2) is 4.79 Å². The molecule has 2 rings (SSSR count). The van der Waals surface area contributed by atoms with Gasteiger partial charge >= 0.3 is 5.97 Å². The first-order valence-electron chi connectivity index (χ1n) is 7.75. The van der Waals surface area contributed by atoms with E-state index in [2.05, 4.69) is 5.32 Å². The molecule has 0 bridgehead atoms. The van der Waals surface area contributed by atoms with Gasteiger partial charge in [0.25, 0.3) is 11.6 Å². The highest BCUT2D eigenvalue weighted by Crippen LogP contribution is 2.23. The largest absolute Gasteiger partial charge is 0.449 e. The predicted octanol–water partition coefficient (Wildman–Crippen LogP) is 2.93. The SMILES string of the molecule is COCc1cccc(C(=O)OC(C)C(=O)Nc2ccccc2[N+](=O)[O-])c1. The fourth-order valence-corrected chi connectivity index (χ4v) is 2.21. The molecule has 2 aromatic carbocycles. The number of nitrogens with zero attached hydrogens (tertiary/aromatic N) is 1. The molecule has 8 nitrogen and oxygen atoms in total. The number of hydrogen-bond donors (Lipinski definition) is 1. The van der Waals surface area contributed by atoms with Gasteiger partial charge in [-0.05, 0) is 30.7 Å². The van der Waals surface area contributed by atoms with Crippen molar-refractivity contribution in [2.24, 2.45) is 0 Å². The van der Waals surface area contributed by atoms with Crippen LogP contribution in [-0.2, 0) is 20.9 Å². The molecule has 1 amide bonds. The van der Waals surface area contributed by atoms with Crippen LogP contribution in [0.4, 0.5) is 11.4 Å². The zero-order chi connectivity index (χ0) is 19.1. The molecule has 0 saturated carbocycles. The highest BCUT2D eigenvalue weighted by molar-refractivity contribution is 5.98. The first kappa shape index (κ1) is 19.1. The lowest BCUT2D eigenvalue weighted by molar-refractivity contribution is -0.383. The molecule has 0 saturated heterocycles. The van der Waals surface area contributed by atoms with Gasteiger partial charge < -0.3 is 14.8 Å². The number of carbonyl (C=O) groups is 2. The average Bonchev–Trinajstić information content (AvgIpc) is 2.62. The zero-order valence-electron chi connectivity index (χ0n) is 14.3. The van der Waals surface area contributed by atoms with Crippen molar-refractivity contribution >= 4 is 23.3 Å². The molecule has 26 heavy (non-hydrogen) atoms. The van der Waals surface area contributed by atoms with Gasteiger partial charge in [-0.3, -0.25) is 14.9 Å². The summed E-state index contributed by atoms with van der Waals surface area (Å²) in [5.74, 6) is -1.34. The smallest absolute Gasteiger partial charge is 0.338 e. The Morgan fingerprint density at radius 3 is 2.62 bits per heavy atom. The summed E-state index contributed by atoms with van der Waals surface area (Å²) in [6.45, 7) is 1.73. The van der Waals surface area contributed by atoms with Crippen LogP contribution in [-0.4, -0.2) is 30.0 Å². The monoisotopic (exact) mass is 358 g/mol. The summed E-state index contributed by atoms with van der Waals surface area (Å²) in [7, 11) is 1.54. The molecule has 1 atom stereocenters. The molecule has 1 N–H and O–H groups in total. The molecule has 0 fully saturated rings. The van der Waals surface area contributed by atoms with E-state index in [1.165, 1.54) is 25.1 Å². The molecule has 0 spiro atoms. The predicted molar refractivity (Wildman–Crippen MR) is 93.8 cm³/mol. The minimum absolute atomic E-state index is 0.0347. The number of methoxy groups -OCH3 is 1. The highest BCUT2D eigenvalue weighted by Gasteiger charge is 2.22. The van der Waals surface area contributed by atoms with Gasteiger partial charge in [-0.2, -0.15) is 0 Å². The van der Waals surface area contributed by atoms with Crippen LogP contribution in [0.2, 0.25) is 0 Å². The number of carbonyl (C=O) groups excluding carboxylic acids is 2. The van der Waals surface area contributed by atoms with E-state index in [1.807, 2.05) is 0 Å². The van der Waals surface area contributed by atoms with E-state index < -0.39 is 22.9 Å². The van der Waals surface area contributed by atoms with Gasteiger partial charge in [0.15, 0.2) is 6.10 Å². The van der Waals surface area contributed by atoms with Crippen LogP contribution in [0.3, 0.4) is 0 Å². The maximum Gasteiger partial charge on any atom is 0.338 e. The molecule has 0 aliphatic heterocycles. The van der Waals surface area contributed by atoms with E-state index in [0.717, 1.165) is 5.56 Å². The maximum absolute atomic E-state index is 12.2. The molecular weight excluding hydrogens is 340 g/mol. The summed E-state index contributed by atoms with van der Waals surface area (Å²) in [6, 6.07) is 12.4. The third-order valence-electron chi connectivity index (χ3n) is 3.49. The fraction of sp³-hybridized carbons (Fsp3) is 0.222. The number of amides is 1. The van der Waals surface area contributed by atoms with Gasteiger partial charge in [0.2, 0.25) is 0 Å². The summed E-state index contributed by atoms with van der Waals surface area (Å²) in [5.41, 5.74) is 0.864. The van der Waals surface area contributed by atoms with Crippen LogP contribution in [0, 0.1) is 10.1 Å². The summed E-state index contributed by atoms with van der Waals surface area (Å²) in [6.07, 6.45) is -1.13. The first-order valence-corrected chi connectivity index (χ1v) is 7.75. The second-order valence-corrected chi connectivity index (χ2v) is 5.44. The second kappa shape index (κ2) is 8.72. The molecule has 0 aromatic heterocycles. The molecule has 136 valence electrons.